The summed E-state index contributed by atoms with van der Waals surface area (Å²) in [4.78, 5) is 2.57. The Hall–Kier alpha value is -2.84. The lowest BCUT2D eigenvalue weighted by Crippen LogP contribution is -2.30. The molecule has 3 aromatic rings. The molecule has 29 heavy (non-hydrogen) atoms. The highest BCUT2D eigenvalue weighted by atomic mass is 16.3. The zero-order valence-electron chi connectivity index (χ0n) is 16.9. The minimum atomic E-state index is 0.346. The van der Waals surface area contributed by atoms with E-state index in [2.05, 4.69) is 77.7 Å². The van der Waals surface area contributed by atoms with Gasteiger partial charge in [0.25, 0.3) is 0 Å². The predicted octanol–water partition coefficient (Wildman–Crippen LogP) is 6.28. The number of rotatable bonds is 7. The van der Waals surface area contributed by atoms with Gasteiger partial charge in [0, 0.05) is 19.6 Å². The van der Waals surface area contributed by atoms with E-state index in [4.69, 9.17) is 0 Å². The fraction of sp³-hybridized carbons (Fsp3) is 0.259. The highest BCUT2D eigenvalue weighted by Crippen LogP contribution is 2.35. The second-order valence-electron chi connectivity index (χ2n) is 7.98. The Morgan fingerprint density at radius 1 is 0.793 bits per heavy atom. The molecule has 0 aliphatic heterocycles. The van der Waals surface area contributed by atoms with Crippen molar-refractivity contribution in [3.63, 3.8) is 0 Å². The Bertz CT molecular complexity index is 892. The lowest BCUT2D eigenvalue weighted by atomic mass is 9.83. The predicted molar refractivity (Wildman–Crippen MR) is 120 cm³/mol. The van der Waals surface area contributed by atoms with Gasteiger partial charge in [-0.3, -0.25) is 4.90 Å². The average molecular weight is 384 g/mol. The standard InChI is InChI=1S/C27H29NO/c29-26-16-9-15-24(18-26)27-17-8-7-14-25(27)21-28(19-22-10-3-1-4-11-22)20-23-12-5-2-6-13-23/h1-6,9-13,15-18,25,29H,7-8,14,19-21H2. The van der Waals surface area contributed by atoms with E-state index in [0.29, 0.717) is 11.7 Å². The average Bonchev–Trinajstić information content (AvgIpc) is 2.75. The van der Waals surface area contributed by atoms with E-state index in [-0.39, 0.29) is 0 Å². The maximum Gasteiger partial charge on any atom is 0.116 e. The van der Waals surface area contributed by atoms with Crippen molar-refractivity contribution < 1.29 is 5.11 Å². The van der Waals surface area contributed by atoms with Crippen molar-refractivity contribution in [3.8, 4) is 5.75 Å². The van der Waals surface area contributed by atoms with Crippen LogP contribution >= 0.6 is 0 Å². The minimum absolute atomic E-state index is 0.346. The first-order valence-corrected chi connectivity index (χ1v) is 10.6. The molecule has 0 saturated heterocycles. The quantitative estimate of drug-likeness (QED) is 0.519. The number of benzene rings is 3. The second kappa shape index (κ2) is 9.58. The summed E-state index contributed by atoms with van der Waals surface area (Å²) in [5, 5.41) is 9.96. The van der Waals surface area contributed by atoms with Gasteiger partial charge >= 0.3 is 0 Å². The topological polar surface area (TPSA) is 23.5 Å². The molecule has 0 spiro atoms. The molecule has 2 nitrogen and oxygen atoms in total. The van der Waals surface area contributed by atoms with Crippen LogP contribution < -0.4 is 0 Å². The largest absolute Gasteiger partial charge is 0.508 e. The summed E-state index contributed by atoms with van der Waals surface area (Å²) >= 11 is 0. The van der Waals surface area contributed by atoms with Gasteiger partial charge in [0.2, 0.25) is 0 Å². The molecule has 3 aromatic carbocycles. The van der Waals surface area contributed by atoms with E-state index in [0.717, 1.165) is 31.6 Å². The van der Waals surface area contributed by atoms with Crippen LogP contribution in [-0.4, -0.2) is 16.6 Å². The van der Waals surface area contributed by atoms with Crippen molar-refractivity contribution >= 4 is 5.57 Å². The van der Waals surface area contributed by atoms with Crippen molar-refractivity contribution in [2.24, 2.45) is 5.92 Å². The lowest BCUT2D eigenvalue weighted by molar-refractivity contribution is 0.227. The number of hydrogen-bond acceptors (Lipinski definition) is 2. The van der Waals surface area contributed by atoms with Gasteiger partial charge in [0.15, 0.2) is 0 Å². The third-order valence-corrected chi connectivity index (χ3v) is 5.72. The van der Waals surface area contributed by atoms with Crippen molar-refractivity contribution in [3.05, 3.63) is 108 Å². The summed E-state index contributed by atoms with van der Waals surface area (Å²) in [6.45, 7) is 2.91. The molecule has 0 fully saturated rings. The maximum absolute atomic E-state index is 9.96. The van der Waals surface area contributed by atoms with E-state index in [9.17, 15) is 5.11 Å². The van der Waals surface area contributed by atoms with Crippen LogP contribution in [0.2, 0.25) is 0 Å². The molecule has 0 aromatic heterocycles. The van der Waals surface area contributed by atoms with E-state index in [1.165, 1.54) is 29.5 Å². The fourth-order valence-electron chi connectivity index (χ4n) is 4.35. The molecule has 0 heterocycles. The summed E-state index contributed by atoms with van der Waals surface area (Å²) in [6, 6.07) is 29.2. The summed E-state index contributed by atoms with van der Waals surface area (Å²) in [5.74, 6) is 0.830. The van der Waals surface area contributed by atoms with Gasteiger partial charge in [0.1, 0.15) is 5.75 Å². The molecule has 1 atom stereocenters. The van der Waals surface area contributed by atoms with Crippen LogP contribution in [0, 0.1) is 5.92 Å². The van der Waals surface area contributed by atoms with E-state index in [1.54, 1.807) is 6.07 Å². The second-order valence-corrected chi connectivity index (χ2v) is 7.98. The number of nitrogens with zero attached hydrogens (tertiary/aromatic N) is 1. The highest BCUT2D eigenvalue weighted by molar-refractivity contribution is 5.69. The van der Waals surface area contributed by atoms with Gasteiger partial charge in [-0.1, -0.05) is 78.9 Å². The first kappa shape index (κ1) is 19.5. The Labute approximate surface area is 174 Å². The van der Waals surface area contributed by atoms with Crippen LogP contribution in [0.5, 0.6) is 5.75 Å². The zero-order valence-corrected chi connectivity index (χ0v) is 16.9. The normalized spacial score (nSPS) is 16.6. The Kier molecular flexibility index (Phi) is 6.43. The fourth-order valence-corrected chi connectivity index (χ4v) is 4.35. The summed E-state index contributed by atoms with van der Waals surface area (Å²) in [5.41, 5.74) is 5.25. The van der Waals surface area contributed by atoms with Gasteiger partial charge in [-0.25, -0.2) is 0 Å². The van der Waals surface area contributed by atoms with Crippen molar-refractivity contribution in [2.45, 2.75) is 32.4 Å². The molecule has 1 aliphatic carbocycles. The molecule has 4 rings (SSSR count). The maximum atomic E-state index is 9.96. The number of allylic oxidation sites excluding steroid dienone is 1. The molecular weight excluding hydrogens is 354 g/mol. The van der Waals surface area contributed by atoms with E-state index in [1.807, 2.05) is 12.1 Å². The Morgan fingerprint density at radius 3 is 2.07 bits per heavy atom. The molecule has 2 heteroatoms. The summed E-state index contributed by atoms with van der Waals surface area (Å²) in [7, 11) is 0. The van der Waals surface area contributed by atoms with Gasteiger partial charge in [-0.05, 0) is 59.6 Å². The first-order valence-electron chi connectivity index (χ1n) is 10.6. The summed E-state index contributed by atoms with van der Waals surface area (Å²) in [6.07, 6.45) is 5.93. The van der Waals surface area contributed by atoms with E-state index < -0.39 is 0 Å². The molecule has 1 aliphatic rings. The number of phenols is 1. The molecule has 1 unspecified atom stereocenters. The molecule has 0 saturated carbocycles. The number of aromatic hydroxyl groups is 1. The highest BCUT2D eigenvalue weighted by Gasteiger charge is 2.22. The van der Waals surface area contributed by atoms with Crippen LogP contribution in [0.3, 0.4) is 0 Å². The first-order chi connectivity index (χ1) is 14.3. The minimum Gasteiger partial charge on any atom is -0.508 e. The van der Waals surface area contributed by atoms with Gasteiger partial charge in [-0.2, -0.15) is 0 Å². The molecule has 0 amide bonds. The third-order valence-electron chi connectivity index (χ3n) is 5.72. The zero-order chi connectivity index (χ0) is 19.9. The van der Waals surface area contributed by atoms with Crippen LogP contribution in [-0.2, 0) is 13.1 Å². The van der Waals surface area contributed by atoms with Crippen LogP contribution in [0.1, 0.15) is 36.0 Å². The van der Waals surface area contributed by atoms with Crippen molar-refractivity contribution in [1.29, 1.82) is 0 Å². The Balaban J connectivity index is 1.56. The van der Waals surface area contributed by atoms with Crippen LogP contribution in [0.15, 0.2) is 91.0 Å². The lowest BCUT2D eigenvalue weighted by Gasteiger charge is -2.31. The smallest absolute Gasteiger partial charge is 0.116 e. The molecule has 0 bridgehead atoms. The monoisotopic (exact) mass is 383 g/mol. The Morgan fingerprint density at radius 2 is 1.45 bits per heavy atom. The molecule has 0 radical (unpaired) electrons. The third kappa shape index (κ3) is 5.36. The molecule has 148 valence electrons. The van der Waals surface area contributed by atoms with Crippen LogP contribution in [0.4, 0.5) is 0 Å². The van der Waals surface area contributed by atoms with Crippen LogP contribution in [0.25, 0.3) is 5.57 Å². The summed E-state index contributed by atoms with van der Waals surface area (Å²) < 4.78 is 0. The van der Waals surface area contributed by atoms with Gasteiger partial charge in [0.05, 0.1) is 0 Å². The molecule has 1 N–H and O–H groups in total. The van der Waals surface area contributed by atoms with Crippen molar-refractivity contribution in [1.82, 2.24) is 4.90 Å². The number of phenolic OH excluding ortho intramolecular Hbond substituents is 1. The number of hydrogen-bond donors (Lipinski definition) is 1. The molecular formula is C27H29NO. The SMILES string of the molecule is Oc1cccc(C2=CCCCC2CN(Cc2ccccc2)Cc2ccccc2)c1. The van der Waals surface area contributed by atoms with Gasteiger partial charge in [-0.15, -0.1) is 0 Å². The van der Waals surface area contributed by atoms with E-state index >= 15 is 0 Å². The van der Waals surface area contributed by atoms with Gasteiger partial charge < -0.3 is 5.11 Å². The van der Waals surface area contributed by atoms with Crippen molar-refractivity contribution in [2.75, 3.05) is 6.54 Å².